The van der Waals surface area contributed by atoms with Crippen molar-refractivity contribution < 1.29 is 18.1 Å². The number of hydrogen-bond acceptors (Lipinski definition) is 3. The highest BCUT2D eigenvalue weighted by Gasteiger charge is 2.29. The molecule has 0 saturated heterocycles. The fraction of sp³-hybridized carbons (Fsp3) is 1.00. The Morgan fingerprint density at radius 1 is 0.552 bits per heavy atom. The minimum atomic E-state index is -4.15. The van der Waals surface area contributed by atoms with Gasteiger partial charge in [0.25, 0.3) is 10.1 Å². The van der Waals surface area contributed by atoms with Gasteiger partial charge in [-0.25, -0.2) is 0 Å². The second-order valence-electron chi connectivity index (χ2n) is 8.85. The number of rotatable bonds is 22. The van der Waals surface area contributed by atoms with E-state index in [1.807, 2.05) is 6.92 Å². The molecule has 0 bridgehead atoms. The summed E-state index contributed by atoms with van der Waals surface area (Å²) in [5.41, 5.74) is 0. The molecular formula is C24H50O4S. The van der Waals surface area contributed by atoms with Gasteiger partial charge in [0, 0.05) is 0 Å². The van der Waals surface area contributed by atoms with Crippen molar-refractivity contribution in [1.29, 1.82) is 0 Å². The molecule has 29 heavy (non-hydrogen) atoms. The Morgan fingerprint density at radius 2 is 0.897 bits per heavy atom. The zero-order valence-corrected chi connectivity index (χ0v) is 20.2. The highest BCUT2D eigenvalue weighted by Crippen LogP contribution is 2.18. The summed E-state index contributed by atoms with van der Waals surface area (Å²) in [7, 11) is -4.15. The molecule has 5 heteroatoms. The zero-order valence-electron chi connectivity index (χ0n) is 19.4. The van der Waals surface area contributed by atoms with E-state index in [1.165, 1.54) is 89.9 Å². The van der Waals surface area contributed by atoms with Crippen molar-refractivity contribution in [2.45, 2.75) is 154 Å². The van der Waals surface area contributed by atoms with Crippen LogP contribution in [0.5, 0.6) is 0 Å². The van der Waals surface area contributed by atoms with Crippen LogP contribution in [0.4, 0.5) is 0 Å². The zero-order chi connectivity index (χ0) is 21.8. The Hall–Kier alpha value is -0.130. The lowest BCUT2D eigenvalue weighted by Crippen LogP contribution is -2.33. The van der Waals surface area contributed by atoms with Crippen molar-refractivity contribution in [1.82, 2.24) is 0 Å². The van der Waals surface area contributed by atoms with Gasteiger partial charge in [0.1, 0.15) is 5.25 Å². The quantitative estimate of drug-likeness (QED) is 0.137. The van der Waals surface area contributed by atoms with Crippen LogP contribution in [0.3, 0.4) is 0 Å². The van der Waals surface area contributed by atoms with Gasteiger partial charge in [-0.1, -0.05) is 129 Å². The van der Waals surface area contributed by atoms with E-state index in [-0.39, 0.29) is 0 Å². The molecule has 0 rings (SSSR count). The van der Waals surface area contributed by atoms with Crippen LogP contribution in [0.25, 0.3) is 0 Å². The largest absolute Gasteiger partial charge is 0.392 e. The Balaban J connectivity index is 3.39. The smallest absolute Gasteiger partial charge is 0.270 e. The molecule has 0 aliphatic carbocycles. The first-order valence-electron chi connectivity index (χ1n) is 12.6. The van der Waals surface area contributed by atoms with Crippen LogP contribution >= 0.6 is 0 Å². The molecular weight excluding hydrogens is 384 g/mol. The lowest BCUT2D eigenvalue weighted by atomic mass is 10.0. The van der Waals surface area contributed by atoms with Crippen LogP contribution in [0, 0.1) is 0 Å². The van der Waals surface area contributed by atoms with Crippen molar-refractivity contribution in [3.8, 4) is 0 Å². The molecule has 0 aliphatic rings. The maximum atomic E-state index is 11.3. The van der Waals surface area contributed by atoms with Gasteiger partial charge in [0.15, 0.2) is 0 Å². The summed E-state index contributed by atoms with van der Waals surface area (Å²) in [4.78, 5) is 0. The van der Waals surface area contributed by atoms with Gasteiger partial charge in [-0.3, -0.25) is 4.55 Å². The Bertz CT molecular complexity index is 436. The van der Waals surface area contributed by atoms with E-state index in [4.69, 9.17) is 0 Å². The summed E-state index contributed by atoms with van der Waals surface area (Å²) < 4.78 is 31.9. The SMILES string of the molecule is CCCCCCCCCCCCCCCCCCCC(O)C(CCC)S(=O)(=O)O. The summed E-state index contributed by atoms with van der Waals surface area (Å²) in [6.45, 7) is 4.13. The maximum Gasteiger partial charge on any atom is 0.270 e. The van der Waals surface area contributed by atoms with Gasteiger partial charge in [0.05, 0.1) is 6.10 Å². The van der Waals surface area contributed by atoms with Crippen LogP contribution in [-0.2, 0) is 10.1 Å². The minimum Gasteiger partial charge on any atom is -0.392 e. The molecule has 0 amide bonds. The summed E-state index contributed by atoms with van der Waals surface area (Å²) >= 11 is 0. The predicted molar refractivity (Wildman–Crippen MR) is 125 cm³/mol. The number of unbranched alkanes of at least 4 members (excludes halogenated alkanes) is 16. The van der Waals surface area contributed by atoms with E-state index in [0.717, 1.165) is 19.3 Å². The molecule has 4 nitrogen and oxygen atoms in total. The fourth-order valence-corrected chi connectivity index (χ4v) is 5.16. The van der Waals surface area contributed by atoms with E-state index >= 15 is 0 Å². The monoisotopic (exact) mass is 434 g/mol. The molecule has 0 saturated carbocycles. The average molecular weight is 435 g/mol. The fourth-order valence-electron chi connectivity index (χ4n) is 4.09. The number of aliphatic hydroxyl groups excluding tert-OH is 1. The van der Waals surface area contributed by atoms with E-state index in [1.54, 1.807) is 0 Å². The molecule has 2 atom stereocenters. The Kier molecular flexibility index (Phi) is 19.7. The molecule has 0 aromatic rings. The lowest BCUT2D eigenvalue weighted by Gasteiger charge is -2.19. The molecule has 0 aromatic heterocycles. The molecule has 0 aliphatic heterocycles. The Morgan fingerprint density at radius 3 is 1.21 bits per heavy atom. The second kappa shape index (κ2) is 19.8. The standard InChI is InChI=1S/C24H50O4S/c1-3-5-6-7-8-9-10-11-12-13-14-15-16-17-18-19-20-22-23(25)24(21-4-2)29(26,27)28/h23-25H,3-22H2,1-2H3,(H,26,27,28). The maximum absolute atomic E-state index is 11.3. The normalized spacial score (nSPS) is 14.2. The number of hydrogen-bond donors (Lipinski definition) is 2. The van der Waals surface area contributed by atoms with Crippen LogP contribution in [-0.4, -0.2) is 29.4 Å². The summed E-state index contributed by atoms with van der Waals surface area (Å²) in [6, 6.07) is 0. The van der Waals surface area contributed by atoms with E-state index in [9.17, 15) is 18.1 Å². The lowest BCUT2D eigenvalue weighted by molar-refractivity contribution is 0.147. The van der Waals surface area contributed by atoms with Crippen LogP contribution in [0.1, 0.15) is 142 Å². The van der Waals surface area contributed by atoms with Crippen molar-refractivity contribution in [3.63, 3.8) is 0 Å². The molecule has 0 spiro atoms. The molecule has 176 valence electrons. The highest BCUT2D eigenvalue weighted by molar-refractivity contribution is 7.86. The van der Waals surface area contributed by atoms with Gasteiger partial charge >= 0.3 is 0 Å². The first kappa shape index (κ1) is 28.9. The molecule has 2 N–H and O–H groups in total. The third-order valence-corrected chi connectivity index (χ3v) is 7.30. The topological polar surface area (TPSA) is 74.6 Å². The average Bonchev–Trinajstić information content (AvgIpc) is 2.67. The first-order chi connectivity index (χ1) is 13.9. The van der Waals surface area contributed by atoms with Crippen LogP contribution in [0.15, 0.2) is 0 Å². The highest BCUT2D eigenvalue weighted by atomic mass is 32.2. The number of aliphatic hydroxyl groups is 1. The van der Waals surface area contributed by atoms with Gasteiger partial charge < -0.3 is 5.11 Å². The van der Waals surface area contributed by atoms with Crippen LogP contribution in [0.2, 0.25) is 0 Å². The van der Waals surface area contributed by atoms with Crippen molar-refractivity contribution in [3.05, 3.63) is 0 Å². The Labute approximate surface area is 182 Å². The van der Waals surface area contributed by atoms with E-state index in [0.29, 0.717) is 19.3 Å². The molecule has 0 fully saturated rings. The van der Waals surface area contributed by atoms with Crippen LogP contribution < -0.4 is 0 Å². The van der Waals surface area contributed by atoms with Gasteiger partial charge in [-0.15, -0.1) is 0 Å². The van der Waals surface area contributed by atoms with Gasteiger partial charge in [0.2, 0.25) is 0 Å². The predicted octanol–water partition coefficient (Wildman–Crippen LogP) is 7.45. The van der Waals surface area contributed by atoms with Crippen molar-refractivity contribution >= 4 is 10.1 Å². The summed E-state index contributed by atoms with van der Waals surface area (Å²) in [5, 5.41) is 9.04. The molecule has 0 heterocycles. The van der Waals surface area contributed by atoms with Gasteiger partial charge in [-0.2, -0.15) is 8.42 Å². The summed E-state index contributed by atoms with van der Waals surface area (Å²) in [6.07, 6.45) is 22.6. The molecule has 2 unspecified atom stereocenters. The van der Waals surface area contributed by atoms with E-state index in [2.05, 4.69) is 6.92 Å². The van der Waals surface area contributed by atoms with E-state index < -0.39 is 21.5 Å². The first-order valence-corrected chi connectivity index (χ1v) is 14.1. The van der Waals surface area contributed by atoms with Gasteiger partial charge in [-0.05, 0) is 12.8 Å². The molecule has 0 radical (unpaired) electrons. The second-order valence-corrected chi connectivity index (χ2v) is 10.5. The third kappa shape index (κ3) is 18.4. The summed E-state index contributed by atoms with van der Waals surface area (Å²) in [5.74, 6) is 0. The third-order valence-electron chi connectivity index (χ3n) is 5.99. The minimum absolute atomic E-state index is 0.318. The molecule has 0 aromatic carbocycles. The van der Waals surface area contributed by atoms with Crippen molar-refractivity contribution in [2.24, 2.45) is 0 Å². The van der Waals surface area contributed by atoms with Crippen molar-refractivity contribution in [2.75, 3.05) is 0 Å².